The van der Waals surface area contributed by atoms with Crippen molar-refractivity contribution >= 4 is 29.0 Å². The first-order valence-electron chi connectivity index (χ1n) is 8.79. The fraction of sp³-hybridized carbons (Fsp3) is 0.500. The van der Waals surface area contributed by atoms with Crippen molar-refractivity contribution in [3.8, 4) is 10.8 Å². The summed E-state index contributed by atoms with van der Waals surface area (Å²) in [5.41, 5.74) is 0. The standard InChI is InChI=1S/C16H19N7O2S2/c1-2-7-22(9-13-17-18-15(25-13)12-4-3-8-26-12)14(24)10-27-16-19-20-21-23(16)11-5-6-11/h3-4,8,11H,2,5-7,9-10H2,1H3. The Bertz CT molecular complexity index is 888. The number of hydrogen-bond acceptors (Lipinski definition) is 9. The number of thiophene rings is 1. The van der Waals surface area contributed by atoms with Crippen LogP contribution in [0.2, 0.25) is 0 Å². The van der Waals surface area contributed by atoms with E-state index in [1.54, 1.807) is 4.90 Å². The normalized spacial score (nSPS) is 13.8. The summed E-state index contributed by atoms with van der Waals surface area (Å²) >= 11 is 2.91. The van der Waals surface area contributed by atoms with Gasteiger partial charge in [0.1, 0.15) is 0 Å². The van der Waals surface area contributed by atoms with Gasteiger partial charge in [0.2, 0.25) is 17.0 Å². The Balaban J connectivity index is 1.38. The highest BCUT2D eigenvalue weighted by atomic mass is 32.2. The number of tetrazole rings is 1. The number of carbonyl (C=O) groups is 1. The van der Waals surface area contributed by atoms with Crippen molar-refractivity contribution in [3.63, 3.8) is 0 Å². The van der Waals surface area contributed by atoms with Gasteiger partial charge in [-0.1, -0.05) is 24.8 Å². The molecule has 0 radical (unpaired) electrons. The molecule has 0 aromatic carbocycles. The van der Waals surface area contributed by atoms with Gasteiger partial charge in [-0.2, -0.15) is 0 Å². The third-order valence-electron chi connectivity index (χ3n) is 4.05. The van der Waals surface area contributed by atoms with E-state index in [1.165, 1.54) is 23.1 Å². The summed E-state index contributed by atoms with van der Waals surface area (Å²) in [6, 6.07) is 4.25. The summed E-state index contributed by atoms with van der Waals surface area (Å²) in [4.78, 5) is 15.4. The average molecular weight is 406 g/mol. The fourth-order valence-electron chi connectivity index (χ4n) is 2.59. The summed E-state index contributed by atoms with van der Waals surface area (Å²) in [5, 5.41) is 22.6. The third kappa shape index (κ3) is 4.35. The van der Waals surface area contributed by atoms with Crippen LogP contribution in [0.5, 0.6) is 0 Å². The van der Waals surface area contributed by atoms with Crippen LogP contribution in [0.3, 0.4) is 0 Å². The quantitative estimate of drug-likeness (QED) is 0.501. The number of amides is 1. The Morgan fingerprint density at radius 2 is 2.30 bits per heavy atom. The monoisotopic (exact) mass is 405 g/mol. The van der Waals surface area contributed by atoms with Crippen molar-refractivity contribution in [1.82, 2.24) is 35.3 Å². The molecule has 0 atom stereocenters. The maximum Gasteiger partial charge on any atom is 0.257 e. The minimum absolute atomic E-state index is 0.00284. The molecular weight excluding hydrogens is 386 g/mol. The molecular formula is C16H19N7O2S2. The van der Waals surface area contributed by atoms with Crippen LogP contribution >= 0.6 is 23.1 Å². The Hall–Kier alpha value is -2.27. The molecule has 0 N–H and O–H groups in total. The van der Waals surface area contributed by atoms with E-state index >= 15 is 0 Å². The number of rotatable bonds is 9. The van der Waals surface area contributed by atoms with Gasteiger partial charge >= 0.3 is 0 Å². The summed E-state index contributed by atoms with van der Waals surface area (Å²) in [7, 11) is 0. The Labute approximate surface area is 164 Å². The molecule has 1 saturated carbocycles. The second-order valence-corrected chi connectivity index (χ2v) is 8.11. The molecule has 4 rings (SSSR count). The molecule has 3 aromatic heterocycles. The predicted octanol–water partition coefficient (Wildman–Crippen LogP) is 2.65. The molecule has 1 amide bonds. The molecule has 1 aliphatic rings. The molecule has 0 unspecified atom stereocenters. The summed E-state index contributed by atoms with van der Waals surface area (Å²) < 4.78 is 7.53. The van der Waals surface area contributed by atoms with E-state index in [0.29, 0.717) is 36.1 Å². The van der Waals surface area contributed by atoms with E-state index in [2.05, 4.69) is 25.7 Å². The van der Waals surface area contributed by atoms with Crippen molar-refractivity contribution < 1.29 is 9.21 Å². The minimum Gasteiger partial charge on any atom is -0.418 e. The lowest BCUT2D eigenvalue weighted by Crippen LogP contribution is -2.33. The molecule has 11 heteroatoms. The van der Waals surface area contributed by atoms with Crippen molar-refractivity contribution in [1.29, 1.82) is 0 Å². The molecule has 27 heavy (non-hydrogen) atoms. The highest BCUT2D eigenvalue weighted by Gasteiger charge is 2.28. The second-order valence-electron chi connectivity index (χ2n) is 6.22. The van der Waals surface area contributed by atoms with E-state index in [-0.39, 0.29) is 11.7 Å². The molecule has 0 bridgehead atoms. The van der Waals surface area contributed by atoms with Gasteiger partial charge in [-0.05, 0) is 41.1 Å². The highest BCUT2D eigenvalue weighted by molar-refractivity contribution is 7.99. The van der Waals surface area contributed by atoms with E-state index < -0.39 is 0 Å². The van der Waals surface area contributed by atoms with E-state index in [4.69, 9.17) is 4.42 Å². The van der Waals surface area contributed by atoms with Crippen LogP contribution in [0.4, 0.5) is 0 Å². The first-order valence-corrected chi connectivity index (χ1v) is 10.7. The fourth-order valence-corrected chi connectivity index (χ4v) is 4.08. The average Bonchev–Trinajstić information content (AvgIpc) is 3.10. The van der Waals surface area contributed by atoms with Crippen molar-refractivity contribution in [3.05, 3.63) is 23.4 Å². The largest absolute Gasteiger partial charge is 0.418 e. The molecule has 142 valence electrons. The third-order valence-corrected chi connectivity index (χ3v) is 5.83. The smallest absolute Gasteiger partial charge is 0.257 e. The molecule has 0 saturated heterocycles. The predicted molar refractivity (Wildman–Crippen MR) is 100 cm³/mol. The Kier molecular flexibility index (Phi) is 5.48. The summed E-state index contributed by atoms with van der Waals surface area (Å²) in [6.07, 6.45) is 3.04. The van der Waals surface area contributed by atoms with Crippen molar-refractivity contribution in [2.24, 2.45) is 0 Å². The van der Waals surface area contributed by atoms with Gasteiger partial charge in [0, 0.05) is 6.54 Å². The first kappa shape index (κ1) is 18.1. The number of carbonyl (C=O) groups excluding carboxylic acids is 1. The SMILES string of the molecule is CCCN(Cc1nnc(-c2cccs2)o1)C(=O)CSc1nnnn1C1CC1. The van der Waals surface area contributed by atoms with Crippen LogP contribution in [-0.4, -0.2) is 53.5 Å². The van der Waals surface area contributed by atoms with Crippen LogP contribution in [-0.2, 0) is 11.3 Å². The van der Waals surface area contributed by atoms with Gasteiger partial charge in [0.25, 0.3) is 5.89 Å². The minimum atomic E-state index is 0.00284. The van der Waals surface area contributed by atoms with Gasteiger partial charge in [-0.15, -0.1) is 26.6 Å². The van der Waals surface area contributed by atoms with Gasteiger partial charge in [-0.3, -0.25) is 4.79 Å². The van der Waals surface area contributed by atoms with Gasteiger partial charge in [0.15, 0.2) is 0 Å². The zero-order chi connectivity index (χ0) is 18.6. The van der Waals surface area contributed by atoms with E-state index in [0.717, 1.165) is 24.1 Å². The van der Waals surface area contributed by atoms with E-state index in [1.807, 2.05) is 29.1 Å². The number of aromatic nitrogens is 6. The molecule has 0 aliphatic heterocycles. The summed E-state index contributed by atoms with van der Waals surface area (Å²) in [5.74, 6) is 1.21. The Morgan fingerprint density at radius 3 is 3.04 bits per heavy atom. The van der Waals surface area contributed by atoms with Crippen LogP contribution in [0.25, 0.3) is 10.8 Å². The lowest BCUT2D eigenvalue weighted by Gasteiger charge is -2.19. The zero-order valence-corrected chi connectivity index (χ0v) is 16.4. The van der Waals surface area contributed by atoms with Crippen LogP contribution in [0.1, 0.15) is 38.1 Å². The number of thioether (sulfide) groups is 1. The van der Waals surface area contributed by atoms with Crippen LogP contribution in [0, 0.1) is 0 Å². The van der Waals surface area contributed by atoms with Gasteiger partial charge < -0.3 is 9.32 Å². The van der Waals surface area contributed by atoms with Crippen LogP contribution in [0.15, 0.2) is 27.1 Å². The molecule has 1 fully saturated rings. The maximum atomic E-state index is 12.7. The topological polar surface area (TPSA) is 103 Å². The highest BCUT2D eigenvalue weighted by Crippen LogP contribution is 2.36. The van der Waals surface area contributed by atoms with Crippen LogP contribution < -0.4 is 0 Å². The number of nitrogens with zero attached hydrogens (tertiary/aromatic N) is 7. The molecule has 1 aliphatic carbocycles. The number of hydrogen-bond donors (Lipinski definition) is 0. The lowest BCUT2D eigenvalue weighted by atomic mass is 10.4. The molecule has 9 nitrogen and oxygen atoms in total. The van der Waals surface area contributed by atoms with E-state index in [9.17, 15) is 4.79 Å². The molecule has 3 heterocycles. The lowest BCUT2D eigenvalue weighted by molar-refractivity contribution is -0.129. The molecule has 0 spiro atoms. The van der Waals surface area contributed by atoms with Gasteiger partial charge in [0.05, 0.1) is 23.2 Å². The van der Waals surface area contributed by atoms with Crippen molar-refractivity contribution in [2.45, 2.75) is 43.9 Å². The second kappa shape index (κ2) is 8.17. The van der Waals surface area contributed by atoms with Crippen molar-refractivity contribution in [2.75, 3.05) is 12.3 Å². The van der Waals surface area contributed by atoms with Gasteiger partial charge in [-0.25, -0.2) is 4.68 Å². The Morgan fingerprint density at radius 1 is 1.41 bits per heavy atom. The molecule has 3 aromatic rings. The summed E-state index contributed by atoms with van der Waals surface area (Å²) in [6.45, 7) is 2.97. The zero-order valence-electron chi connectivity index (χ0n) is 14.8. The first-order chi connectivity index (χ1) is 13.2. The maximum absolute atomic E-state index is 12.7.